The lowest BCUT2D eigenvalue weighted by Gasteiger charge is -2.58. The van der Waals surface area contributed by atoms with Crippen LogP contribution in [0, 0.1) is 23.2 Å². The first-order valence-corrected chi connectivity index (χ1v) is 8.58. The SMILES string of the molecule is O=C(O)CCN(CC12CC3CC(CC(C3)C1)C2)C1CC1. The predicted molar refractivity (Wildman–Crippen MR) is 77.5 cm³/mol. The summed E-state index contributed by atoms with van der Waals surface area (Å²) in [6.45, 7) is 1.98. The lowest BCUT2D eigenvalue weighted by atomic mass is 9.49. The number of aliphatic carboxylic acids is 1. The van der Waals surface area contributed by atoms with Crippen molar-refractivity contribution in [3.05, 3.63) is 0 Å². The predicted octanol–water partition coefficient (Wildman–Crippen LogP) is 3.14. The minimum atomic E-state index is -0.638. The van der Waals surface area contributed by atoms with Crippen LogP contribution in [0.4, 0.5) is 0 Å². The van der Waals surface area contributed by atoms with Gasteiger partial charge in [0.1, 0.15) is 0 Å². The van der Waals surface area contributed by atoms with E-state index in [0.717, 1.165) is 24.3 Å². The molecule has 112 valence electrons. The van der Waals surface area contributed by atoms with E-state index in [1.165, 1.54) is 57.9 Å². The standard InChI is InChI=1S/C17H27NO2/c19-16(20)3-4-18(15-1-2-15)11-17-8-12-5-13(9-17)7-14(6-12)10-17/h12-15H,1-11H2,(H,19,20). The molecule has 0 aromatic carbocycles. The molecule has 5 fully saturated rings. The zero-order chi connectivity index (χ0) is 13.7. The zero-order valence-electron chi connectivity index (χ0n) is 12.4. The van der Waals surface area contributed by atoms with Crippen LogP contribution in [-0.2, 0) is 4.79 Å². The van der Waals surface area contributed by atoms with Crippen LogP contribution < -0.4 is 0 Å². The Balaban J connectivity index is 1.44. The van der Waals surface area contributed by atoms with Crippen molar-refractivity contribution in [2.75, 3.05) is 13.1 Å². The van der Waals surface area contributed by atoms with Gasteiger partial charge in [0.25, 0.3) is 0 Å². The molecule has 1 N–H and O–H groups in total. The van der Waals surface area contributed by atoms with Crippen LogP contribution in [-0.4, -0.2) is 35.1 Å². The molecule has 0 unspecified atom stereocenters. The summed E-state index contributed by atoms with van der Waals surface area (Å²) in [7, 11) is 0. The molecule has 4 bridgehead atoms. The van der Waals surface area contributed by atoms with E-state index in [1.54, 1.807) is 0 Å². The van der Waals surface area contributed by atoms with Gasteiger partial charge in [-0.2, -0.15) is 0 Å². The van der Waals surface area contributed by atoms with Crippen molar-refractivity contribution in [2.45, 2.75) is 63.8 Å². The van der Waals surface area contributed by atoms with Crippen molar-refractivity contribution in [3.63, 3.8) is 0 Å². The average Bonchev–Trinajstić information content (AvgIpc) is 3.16. The molecule has 5 aliphatic carbocycles. The fourth-order valence-corrected chi connectivity index (χ4v) is 5.98. The number of hydrogen-bond acceptors (Lipinski definition) is 2. The van der Waals surface area contributed by atoms with Gasteiger partial charge in [0.15, 0.2) is 0 Å². The molecule has 0 atom stereocenters. The Labute approximate surface area is 121 Å². The van der Waals surface area contributed by atoms with Crippen LogP contribution in [0.3, 0.4) is 0 Å². The van der Waals surface area contributed by atoms with Gasteiger partial charge in [-0.05, 0) is 74.5 Å². The van der Waals surface area contributed by atoms with Crippen LogP contribution in [0.25, 0.3) is 0 Å². The van der Waals surface area contributed by atoms with Gasteiger partial charge in [-0.15, -0.1) is 0 Å². The highest BCUT2D eigenvalue weighted by Crippen LogP contribution is 2.60. The second-order valence-corrected chi connectivity index (χ2v) is 8.26. The van der Waals surface area contributed by atoms with Crippen LogP contribution in [0.1, 0.15) is 57.8 Å². The van der Waals surface area contributed by atoms with E-state index in [2.05, 4.69) is 4.90 Å². The third kappa shape index (κ3) is 2.49. The van der Waals surface area contributed by atoms with E-state index in [4.69, 9.17) is 5.11 Å². The Kier molecular flexibility index (Phi) is 3.10. The first-order valence-electron chi connectivity index (χ1n) is 8.58. The highest BCUT2D eigenvalue weighted by atomic mass is 16.4. The van der Waals surface area contributed by atoms with Crippen LogP contribution >= 0.6 is 0 Å². The van der Waals surface area contributed by atoms with Gasteiger partial charge in [0.05, 0.1) is 6.42 Å². The van der Waals surface area contributed by atoms with Crippen LogP contribution in [0.2, 0.25) is 0 Å². The number of carboxylic acids is 1. The fraction of sp³-hybridized carbons (Fsp3) is 0.941. The molecular weight excluding hydrogens is 250 g/mol. The van der Waals surface area contributed by atoms with Crippen LogP contribution in [0.5, 0.6) is 0 Å². The van der Waals surface area contributed by atoms with E-state index < -0.39 is 5.97 Å². The lowest BCUT2D eigenvalue weighted by molar-refractivity contribution is -0.137. The molecule has 0 saturated heterocycles. The Morgan fingerprint density at radius 2 is 1.60 bits per heavy atom. The number of hydrogen-bond donors (Lipinski definition) is 1. The molecule has 0 radical (unpaired) electrons. The number of nitrogens with zero attached hydrogens (tertiary/aromatic N) is 1. The fourth-order valence-electron chi connectivity index (χ4n) is 5.98. The number of carboxylic acid groups (broad SMARTS) is 1. The maximum absolute atomic E-state index is 10.9. The minimum Gasteiger partial charge on any atom is -0.481 e. The lowest BCUT2D eigenvalue weighted by Crippen LogP contribution is -2.51. The van der Waals surface area contributed by atoms with Crippen molar-refractivity contribution >= 4 is 5.97 Å². The molecule has 0 spiro atoms. The first kappa shape index (κ1) is 13.1. The summed E-state index contributed by atoms with van der Waals surface area (Å²) in [4.78, 5) is 13.4. The van der Waals surface area contributed by atoms with E-state index >= 15 is 0 Å². The summed E-state index contributed by atoms with van der Waals surface area (Å²) in [6.07, 6.45) is 11.7. The van der Waals surface area contributed by atoms with Gasteiger partial charge in [0, 0.05) is 19.1 Å². The largest absolute Gasteiger partial charge is 0.481 e. The molecular formula is C17H27NO2. The summed E-state index contributed by atoms with van der Waals surface area (Å²) in [5.41, 5.74) is 0.565. The summed E-state index contributed by atoms with van der Waals surface area (Å²) in [5, 5.41) is 8.97. The summed E-state index contributed by atoms with van der Waals surface area (Å²) < 4.78 is 0. The average molecular weight is 277 g/mol. The second kappa shape index (κ2) is 4.72. The Morgan fingerprint density at radius 3 is 2.05 bits per heavy atom. The quantitative estimate of drug-likeness (QED) is 0.811. The highest BCUT2D eigenvalue weighted by molar-refractivity contribution is 5.66. The Morgan fingerprint density at radius 1 is 1.05 bits per heavy atom. The first-order chi connectivity index (χ1) is 9.62. The van der Waals surface area contributed by atoms with E-state index in [0.29, 0.717) is 17.9 Å². The molecule has 5 saturated carbocycles. The Hall–Kier alpha value is -0.570. The second-order valence-electron chi connectivity index (χ2n) is 8.26. The van der Waals surface area contributed by atoms with Crippen molar-refractivity contribution in [2.24, 2.45) is 23.2 Å². The molecule has 0 aromatic heterocycles. The number of carbonyl (C=O) groups is 1. The molecule has 5 rings (SSSR count). The molecule has 5 aliphatic rings. The van der Waals surface area contributed by atoms with E-state index in [9.17, 15) is 4.79 Å². The molecule has 0 amide bonds. The smallest absolute Gasteiger partial charge is 0.304 e. The van der Waals surface area contributed by atoms with Gasteiger partial charge in [-0.25, -0.2) is 0 Å². The van der Waals surface area contributed by atoms with Gasteiger partial charge in [0.2, 0.25) is 0 Å². The summed E-state index contributed by atoms with van der Waals surface area (Å²) in [6, 6.07) is 0.711. The number of rotatable bonds is 6. The molecule has 0 heterocycles. The zero-order valence-corrected chi connectivity index (χ0v) is 12.4. The Bertz CT molecular complexity index is 367. The van der Waals surface area contributed by atoms with Crippen LogP contribution in [0.15, 0.2) is 0 Å². The summed E-state index contributed by atoms with van der Waals surface area (Å²) >= 11 is 0. The third-order valence-corrected chi connectivity index (χ3v) is 6.38. The van der Waals surface area contributed by atoms with Gasteiger partial charge >= 0.3 is 5.97 Å². The summed E-state index contributed by atoms with van der Waals surface area (Å²) in [5.74, 6) is 2.37. The van der Waals surface area contributed by atoms with Crippen molar-refractivity contribution in [3.8, 4) is 0 Å². The van der Waals surface area contributed by atoms with E-state index in [1.807, 2.05) is 0 Å². The van der Waals surface area contributed by atoms with Gasteiger partial charge in [-0.1, -0.05) is 0 Å². The molecule has 3 heteroatoms. The van der Waals surface area contributed by atoms with E-state index in [-0.39, 0.29) is 0 Å². The molecule has 0 aromatic rings. The maximum Gasteiger partial charge on any atom is 0.304 e. The topological polar surface area (TPSA) is 40.5 Å². The van der Waals surface area contributed by atoms with Crippen molar-refractivity contribution in [1.82, 2.24) is 4.90 Å². The maximum atomic E-state index is 10.9. The van der Waals surface area contributed by atoms with Gasteiger partial charge in [-0.3, -0.25) is 9.69 Å². The molecule has 3 nitrogen and oxygen atoms in total. The van der Waals surface area contributed by atoms with Crippen molar-refractivity contribution < 1.29 is 9.90 Å². The molecule has 0 aliphatic heterocycles. The molecule has 20 heavy (non-hydrogen) atoms. The normalized spacial score (nSPS) is 42.4. The van der Waals surface area contributed by atoms with Gasteiger partial charge < -0.3 is 5.11 Å². The minimum absolute atomic E-state index is 0.322. The highest BCUT2D eigenvalue weighted by Gasteiger charge is 2.52. The third-order valence-electron chi connectivity index (χ3n) is 6.38. The monoisotopic (exact) mass is 277 g/mol. The van der Waals surface area contributed by atoms with Crippen molar-refractivity contribution in [1.29, 1.82) is 0 Å².